The Bertz CT molecular complexity index is 713. The molecule has 0 aliphatic heterocycles. The van der Waals surface area contributed by atoms with E-state index in [1.54, 1.807) is 6.07 Å². The topological polar surface area (TPSA) is 66.5 Å². The lowest BCUT2D eigenvalue weighted by atomic mass is 10.0. The van der Waals surface area contributed by atoms with E-state index in [2.05, 4.69) is 5.32 Å². The highest BCUT2D eigenvalue weighted by Crippen LogP contribution is 2.28. The van der Waals surface area contributed by atoms with Gasteiger partial charge in [0.25, 0.3) is 0 Å². The summed E-state index contributed by atoms with van der Waals surface area (Å²) in [7, 11) is -3.53. The first-order valence-electron chi connectivity index (χ1n) is 9.21. The van der Waals surface area contributed by atoms with E-state index in [1.165, 1.54) is 36.4 Å². The number of aryl methyl sites for hydroxylation is 1. The van der Waals surface area contributed by atoms with Gasteiger partial charge in [-0.05, 0) is 43.9 Å². The van der Waals surface area contributed by atoms with E-state index in [9.17, 15) is 13.2 Å². The van der Waals surface area contributed by atoms with E-state index < -0.39 is 10.0 Å². The predicted molar refractivity (Wildman–Crippen MR) is 110 cm³/mol. The number of anilines is 1. The van der Waals surface area contributed by atoms with Crippen LogP contribution in [0, 0.1) is 13.8 Å². The number of rotatable bonds is 8. The summed E-state index contributed by atoms with van der Waals surface area (Å²) in [5, 5.41) is 3.57. The summed E-state index contributed by atoms with van der Waals surface area (Å²) in [6.07, 6.45) is 7.64. The quantitative estimate of drug-likeness (QED) is 0.683. The second kappa shape index (κ2) is 9.65. The number of thioether (sulfide) groups is 1. The highest BCUT2D eigenvalue weighted by atomic mass is 32.2. The molecule has 5 nitrogen and oxygen atoms in total. The molecule has 1 aromatic rings. The fourth-order valence-corrected chi connectivity index (χ4v) is 5.35. The van der Waals surface area contributed by atoms with Crippen LogP contribution in [0.4, 0.5) is 5.69 Å². The average molecular weight is 399 g/mol. The Labute approximate surface area is 162 Å². The molecule has 0 radical (unpaired) electrons. The summed E-state index contributed by atoms with van der Waals surface area (Å²) in [5.41, 5.74) is 2.44. The fraction of sp³-hybridized carbons (Fsp3) is 0.632. The van der Waals surface area contributed by atoms with E-state index in [-0.39, 0.29) is 12.5 Å². The van der Waals surface area contributed by atoms with Gasteiger partial charge in [-0.2, -0.15) is 11.8 Å². The molecule has 0 unspecified atom stereocenters. The van der Waals surface area contributed by atoms with Crippen LogP contribution in [0.15, 0.2) is 18.2 Å². The SMILES string of the molecule is Cc1cccc(N(CC(=O)NCCSC2CCCCC2)S(C)(=O)=O)c1C. The second-order valence-electron chi connectivity index (χ2n) is 6.97. The third-order valence-electron chi connectivity index (χ3n) is 4.86. The molecule has 1 fully saturated rings. The molecule has 1 amide bonds. The number of hydrogen-bond donors (Lipinski definition) is 1. The number of amides is 1. The first kappa shape index (κ1) is 21.1. The Morgan fingerprint density at radius 3 is 2.58 bits per heavy atom. The van der Waals surface area contributed by atoms with E-state index in [4.69, 9.17) is 0 Å². The van der Waals surface area contributed by atoms with E-state index in [0.717, 1.165) is 23.1 Å². The lowest BCUT2D eigenvalue weighted by Gasteiger charge is -2.24. The van der Waals surface area contributed by atoms with Gasteiger partial charge in [-0.3, -0.25) is 9.10 Å². The number of carbonyl (C=O) groups is 1. The summed E-state index contributed by atoms with van der Waals surface area (Å²) in [6.45, 7) is 4.20. The maximum Gasteiger partial charge on any atom is 0.240 e. The van der Waals surface area contributed by atoms with Crippen LogP contribution < -0.4 is 9.62 Å². The molecule has 0 bridgehead atoms. The standard InChI is InChI=1S/C19H30N2O3S2/c1-15-8-7-11-18(16(15)2)21(26(3,23)24)14-19(22)20-12-13-25-17-9-5-4-6-10-17/h7-8,11,17H,4-6,9-10,12-14H2,1-3H3,(H,20,22). The molecule has 0 saturated heterocycles. The van der Waals surface area contributed by atoms with Crippen LogP contribution in [0.1, 0.15) is 43.2 Å². The van der Waals surface area contributed by atoms with Gasteiger partial charge in [0.2, 0.25) is 15.9 Å². The van der Waals surface area contributed by atoms with Gasteiger partial charge in [0.15, 0.2) is 0 Å². The summed E-state index contributed by atoms with van der Waals surface area (Å²) in [5.74, 6) is 0.610. The molecule has 1 saturated carbocycles. The lowest BCUT2D eigenvalue weighted by molar-refractivity contribution is -0.119. The Hall–Kier alpha value is -1.21. The largest absolute Gasteiger partial charge is 0.354 e. The number of nitrogens with zero attached hydrogens (tertiary/aromatic N) is 1. The van der Waals surface area contributed by atoms with Crippen molar-refractivity contribution in [2.45, 2.75) is 51.2 Å². The van der Waals surface area contributed by atoms with Gasteiger partial charge in [-0.15, -0.1) is 0 Å². The van der Waals surface area contributed by atoms with Crippen molar-refractivity contribution >= 4 is 33.4 Å². The van der Waals surface area contributed by atoms with Crippen LogP contribution in [-0.4, -0.2) is 44.7 Å². The van der Waals surface area contributed by atoms with Crippen molar-refractivity contribution in [3.05, 3.63) is 29.3 Å². The molecule has 0 aromatic heterocycles. The summed E-state index contributed by atoms with van der Waals surface area (Å²) in [4.78, 5) is 12.3. The molecule has 1 aliphatic rings. The maximum absolute atomic E-state index is 12.3. The van der Waals surface area contributed by atoms with Crippen molar-refractivity contribution in [3.63, 3.8) is 0 Å². The maximum atomic E-state index is 12.3. The van der Waals surface area contributed by atoms with Crippen molar-refractivity contribution in [2.75, 3.05) is 29.4 Å². The Morgan fingerprint density at radius 2 is 1.92 bits per heavy atom. The minimum Gasteiger partial charge on any atom is -0.354 e. The molecule has 2 rings (SSSR count). The van der Waals surface area contributed by atoms with E-state index in [0.29, 0.717) is 17.5 Å². The number of benzene rings is 1. The summed E-state index contributed by atoms with van der Waals surface area (Å²) >= 11 is 1.92. The number of nitrogens with one attached hydrogen (secondary N) is 1. The number of sulfonamides is 1. The van der Waals surface area contributed by atoms with Crippen molar-refractivity contribution in [1.82, 2.24) is 5.32 Å². The molecule has 0 heterocycles. The van der Waals surface area contributed by atoms with Crippen molar-refractivity contribution in [3.8, 4) is 0 Å². The predicted octanol–water partition coefficient (Wildman–Crippen LogP) is 3.25. The molecule has 7 heteroatoms. The smallest absolute Gasteiger partial charge is 0.240 e. The molecule has 0 atom stereocenters. The molecule has 1 aliphatic carbocycles. The highest BCUT2D eigenvalue weighted by Gasteiger charge is 2.22. The van der Waals surface area contributed by atoms with Gasteiger partial charge in [-0.1, -0.05) is 31.4 Å². The van der Waals surface area contributed by atoms with Crippen LogP contribution in [0.25, 0.3) is 0 Å². The summed E-state index contributed by atoms with van der Waals surface area (Å²) in [6, 6.07) is 5.49. The van der Waals surface area contributed by atoms with E-state index in [1.807, 2.05) is 37.7 Å². The van der Waals surface area contributed by atoms with Crippen molar-refractivity contribution in [2.24, 2.45) is 0 Å². The summed E-state index contributed by atoms with van der Waals surface area (Å²) < 4.78 is 25.6. The van der Waals surface area contributed by atoms with Gasteiger partial charge in [-0.25, -0.2) is 8.42 Å². The minimum atomic E-state index is -3.53. The Morgan fingerprint density at radius 1 is 1.23 bits per heavy atom. The first-order chi connectivity index (χ1) is 12.3. The molecular weight excluding hydrogens is 368 g/mol. The molecule has 146 valence electrons. The fourth-order valence-electron chi connectivity index (χ4n) is 3.22. The highest BCUT2D eigenvalue weighted by molar-refractivity contribution is 7.99. The third-order valence-corrected chi connectivity index (χ3v) is 7.37. The zero-order valence-corrected chi connectivity index (χ0v) is 17.6. The lowest BCUT2D eigenvalue weighted by Crippen LogP contribution is -2.41. The monoisotopic (exact) mass is 398 g/mol. The van der Waals surface area contributed by atoms with Gasteiger partial charge in [0, 0.05) is 17.5 Å². The van der Waals surface area contributed by atoms with Gasteiger partial charge in [0.05, 0.1) is 11.9 Å². The number of hydrogen-bond acceptors (Lipinski definition) is 4. The molecule has 26 heavy (non-hydrogen) atoms. The van der Waals surface area contributed by atoms with Crippen LogP contribution in [0.3, 0.4) is 0 Å². The van der Waals surface area contributed by atoms with Gasteiger partial charge >= 0.3 is 0 Å². The molecule has 1 N–H and O–H groups in total. The zero-order chi connectivity index (χ0) is 19.2. The molecule has 0 spiro atoms. The van der Waals surface area contributed by atoms with Crippen LogP contribution >= 0.6 is 11.8 Å². The first-order valence-corrected chi connectivity index (χ1v) is 12.1. The second-order valence-corrected chi connectivity index (χ2v) is 10.3. The molecule has 1 aromatic carbocycles. The van der Waals surface area contributed by atoms with Gasteiger partial charge in [0.1, 0.15) is 6.54 Å². The normalized spacial score (nSPS) is 15.7. The van der Waals surface area contributed by atoms with Crippen LogP contribution in [-0.2, 0) is 14.8 Å². The molecular formula is C19H30N2O3S2. The van der Waals surface area contributed by atoms with Crippen LogP contribution in [0.5, 0.6) is 0 Å². The number of carbonyl (C=O) groups excluding carboxylic acids is 1. The van der Waals surface area contributed by atoms with Crippen molar-refractivity contribution in [1.29, 1.82) is 0 Å². The minimum absolute atomic E-state index is 0.183. The Balaban J connectivity index is 1.89. The van der Waals surface area contributed by atoms with Crippen molar-refractivity contribution < 1.29 is 13.2 Å². The zero-order valence-electron chi connectivity index (χ0n) is 16.0. The van der Waals surface area contributed by atoms with E-state index >= 15 is 0 Å². The third kappa shape index (κ3) is 6.20. The van der Waals surface area contributed by atoms with Gasteiger partial charge < -0.3 is 5.32 Å². The Kier molecular flexibility index (Phi) is 7.83. The average Bonchev–Trinajstić information content (AvgIpc) is 2.59. The van der Waals surface area contributed by atoms with Crippen LogP contribution in [0.2, 0.25) is 0 Å².